The molecule has 1 amide bonds. The van der Waals surface area contributed by atoms with Crippen molar-refractivity contribution >= 4 is 38.5 Å². The summed E-state index contributed by atoms with van der Waals surface area (Å²) in [6.07, 6.45) is 4.78. The standard InChI is InChI=1S/C21H22N6O2S2/c22-11-16-15-2-1-3-17(15)31-20(16)24-18(28)13-26-6-4-25(5-7-26)12-14-10-19(29)27-8-9-30-21(27)23-14/h8-10H,1-7,12-13H2,(H,24,28). The first-order valence-electron chi connectivity index (χ1n) is 10.4. The number of rotatable bonds is 5. The summed E-state index contributed by atoms with van der Waals surface area (Å²) in [7, 11) is 0. The summed E-state index contributed by atoms with van der Waals surface area (Å²) < 4.78 is 1.56. The van der Waals surface area contributed by atoms with Gasteiger partial charge in [-0.15, -0.1) is 22.7 Å². The van der Waals surface area contributed by atoms with Crippen LogP contribution >= 0.6 is 22.7 Å². The van der Waals surface area contributed by atoms with E-state index in [4.69, 9.17) is 0 Å². The maximum atomic E-state index is 12.6. The van der Waals surface area contributed by atoms with Crippen molar-refractivity contribution in [2.45, 2.75) is 25.8 Å². The first kappa shape index (κ1) is 20.3. The molecule has 3 aromatic rings. The van der Waals surface area contributed by atoms with Gasteiger partial charge in [0.05, 0.1) is 17.8 Å². The molecule has 3 aromatic heterocycles. The number of aryl methyl sites for hydroxylation is 1. The second-order valence-corrected chi connectivity index (χ2v) is 9.89. The molecule has 1 fully saturated rings. The van der Waals surface area contributed by atoms with E-state index in [0.29, 0.717) is 28.6 Å². The number of hydrogen-bond donors (Lipinski definition) is 1. The highest BCUT2D eigenvalue weighted by atomic mass is 32.1. The largest absolute Gasteiger partial charge is 0.315 e. The number of anilines is 1. The highest BCUT2D eigenvalue weighted by molar-refractivity contribution is 7.16. The van der Waals surface area contributed by atoms with Gasteiger partial charge in [0.15, 0.2) is 4.96 Å². The number of hydrogen-bond acceptors (Lipinski definition) is 8. The summed E-state index contributed by atoms with van der Waals surface area (Å²) in [5.41, 5.74) is 2.52. The van der Waals surface area contributed by atoms with E-state index >= 15 is 0 Å². The summed E-state index contributed by atoms with van der Waals surface area (Å²) in [5, 5.41) is 15.0. The summed E-state index contributed by atoms with van der Waals surface area (Å²) in [6.45, 7) is 4.14. The van der Waals surface area contributed by atoms with Gasteiger partial charge in [0.1, 0.15) is 11.1 Å². The topological polar surface area (TPSA) is 93.7 Å². The Bertz CT molecular complexity index is 1230. The molecular weight excluding hydrogens is 432 g/mol. The first-order valence-corrected chi connectivity index (χ1v) is 12.1. The number of thiophene rings is 1. The van der Waals surface area contributed by atoms with Crippen LogP contribution in [0, 0.1) is 11.3 Å². The predicted octanol–water partition coefficient (Wildman–Crippen LogP) is 1.93. The van der Waals surface area contributed by atoms with Crippen molar-refractivity contribution in [3.63, 3.8) is 0 Å². The van der Waals surface area contributed by atoms with Gasteiger partial charge < -0.3 is 5.32 Å². The van der Waals surface area contributed by atoms with Gasteiger partial charge >= 0.3 is 0 Å². The molecule has 0 aromatic carbocycles. The molecule has 10 heteroatoms. The van der Waals surface area contributed by atoms with E-state index in [1.54, 1.807) is 28.0 Å². The van der Waals surface area contributed by atoms with Crippen molar-refractivity contribution in [1.29, 1.82) is 5.26 Å². The third-order valence-corrected chi connectivity index (χ3v) is 7.82. The number of nitrogens with zero attached hydrogens (tertiary/aromatic N) is 5. The van der Waals surface area contributed by atoms with Crippen LogP contribution < -0.4 is 10.9 Å². The van der Waals surface area contributed by atoms with Crippen LogP contribution in [0.5, 0.6) is 0 Å². The van der Waals surface area contributed by atoms with Gasteiger partial charge in [-0.3, -0.25) is 23.8 Å². The lowest BCUT2D eigenvalue weighted by Crippen LogP contribution is -2.48. The second-order valence-electron chi connectivity index (χ2n) is 7.92. The average Bonchev–Trinajstić information content (AvgIpc) is 3.45. The molecule has 0 saturated carbocycles. The molecule has 0 bridgehead atoms. The van der Waals surface area contributed by atoms with Gasteiger partial charge in [0.25, 0.3) is 5.56 Å². The van der Waals surface area contributed by atoms with Crippen LogP contribution in [0.4, 0.5) is 5.00 Å². The van der Waals surface area contributed by atoms with E-state index in [1.165, 1.54) is 16.2 Å². The lowest BCUT2D eigenvalue weighted by atomic mass is 10.1. The fourth-order valence-corrected chi connectivity index (χ4v) is 6.28. The number of thiazole rings is 1. The van der Waals surface area contributed by atoms with E-state index in [1.807, 2.05) is 5.38 Å². The van der Waals surface area contributed by atoms with Crippen LogP contribution in [0.3, 0.4) is 0 Å². The fourth-order valence-electron chi connectivity index (χ4n) is 4.28. The van der Waals surface area contributed by atoms with Crippen molar-refractivity contribution in [3.05, 3.63) is 49.7 Å². The zero-order chi connectivity index (χ0) is 21.4. The van der Waals surface area contributed by atoms with Gasteiger partial charge in [-0.05, 0) is 24.8 Å². The van der Waals surface area contributed by atoms with E-state index in [2.05, 4.69) is 26.2 Å². The molecule has 0 radical (unpaired) electrons. The van der Waals surface area contributed by atoms with E-state index in [-0.39, 0.29) is 11.5 Å². The summed E-state index contributed by atoms with van der Waals surface area (Å²) in [6, 6.07) is 3.88. The Morgan fingerprint density at radius 2 is 2.03 bits per heavy atom. The number of nitrogens with one attached hydrogen (secondary N) is 1. The highest BCUT2D eigenvalue weighted by Crippen LogP contribution is 2.38. The molecule has 0 spiro atoms. The number of piperazine rings is 1. The van der Waals surface area contributed by atoms with Crippen LogP contribution in [-0.4, -0.2) is 57.8 Å². The van der Waals surface area contributed by atoms with Crippen molar-refractivity contribution in [2.24, 2.45) is 0 Å². The predicted molar refractivity (Wildman–Crippen MR) is 121 cm³/mol. The number of amides is 1. The molecular formula is C21H22N6O2S2. The molecule has 1 saturated heterocycles. The molecule has 4 heterocycles. The number of fused-ring (bicyclic) bond motifs is 2. The second kappa shape index (κ2) is 8.51. The smallest absolute Gasteiger partial charge is 0.258 e. The monoisotopic (exact) mass is 454 g/mol. The molecule has 1 aliphatic heterocycles. The van der Waals surface area contributed by atoms with Gasteiger partial charge in [-0.25, -0.2) is 4.98 Å². The minimum absolute atomic E-state index is 0.0483. The lowest BCUT2D eigenvalue weighted by molar-refractivity contribution is -0.117. The molecule has 31 heavy (non-hydrogen) atoms. The third-order valence-electron chi connectivity index (χ3n) is 5.86. The van der Waals surface area contributed by atoms with Gasteiger partial charge in [-0.1, -0.05) is 0 Å². The Balaban J connectivity index is 1.14. The summed E-state index contributed by atoms with van der Waals surface area (Å²) in [4.78, 5) is 35.7. The van der Waals surface area contributed by atoms with Crippen LogP contribution in [0.15, 0.2) is 22.4 Å². The molecule has 8 nitrogen and oxygen atoms in total. The van der Waals surface area contributed by atoms with Gasteiger partial charge in [0, 0.05) is 55.2 Å². The number of nitriles is 1. The van der Waals surface area contributed by atoms with Crippen molar-refractivity contribution in [3.8, 4) is 6.07 Å². The Morgan fingerprint density at radius 3 is 2.84 bits per heavy atom. The van der Waals surface area contributed by atoms with Crippen LogP contribution in [0.2, 0.25) is 0 Å². The molecule has 0 unspecified atom stereocenters. The Kier molecular flexibility index (Phi) is 5.58. The lowest BCUT2D eigenvalue weighted by Gasteiger charge is -2.34. The zero-order valence-electron chi connectivity index (χ0n) is 17.0. The maximum absolute atomic E-state index is 12.6. The fraction of sp³-hybridized carbons (Fsp3) is 0.429. The van der Waals surface area contributed by atoms with E-state index in [0.717, 1.165) is 56.7 Å². The number of aromatic nitrogens is 2. The van der Waals surface area contributed by atoms with Crippen molar-refractivity contribution < 1.29 is 4.79 Å². The van der Waals surface area contributed by atoms with Crippen molar-refractivity contribution in [1.82, 2.24) is 19.2 Å². The number of carbonyl (C=O) groups excluding carboxylic acids is 1. The molecule has 160 valence electrons. The summed E-state index contributed by atoms with van der Waals surface area (Å²) >= 11 is 3.01. The van der Waals surface area contributed by atoms with Crippen molar-refractivity contribution in [2.75, 3.05) is 38.0 Å². The molecule has 1 aliphatic carbocycles. The molecule has 0 atom stereocenters. The zero-order valence-corrected chi connectivity index (χ0v) is 18.6. The van der Waals surface area contributed by atoms with E-state index < -0.39 is 0 Å². The van der Waals surface area contributed by atoms with Crippen LogP contribution in [0.1, 0.15) is 28.1 Å². The summed E-state index contributed by atoms with van der Waals surface area (Å²) in [5.74, 6) is -0.0669. The average molecular weight is 455 g/mol. The van der Waals surface area contributed by atoms with Crippen LogP contribution in [-0.2, 0) is 24.2 Å². The van der Waals surface area contributed by atoms with Crippen LogP contribution in [0.25, 0.3) is 4.96 Å². The Hall–Kier alpha value is -2.58. The third kappa shape index (κ3) is 4.14. The van der Waals surface area contributed by atoms with Gasteiger partial charge in [-0.2, -0.15) is 5.26 Å². The maximum Gasteiger partial charge on any atom is 0.258 e. The highest BCUT2D eigenvalue weighted by Gasteiger charge is 2.24. The quantitative estimate of drug-likeness (QED) is 0.633. The molecule has 5 rings (SSSR count). The SMILES string of the molecule is N#Cc1c(NC(=O)CN2CCN(Cc3cc(=O)n4ccsc4n3)CC2)sc2c1CCC2. The molecule has 2 aliphatic rings. The Labute approximate surface area is 187 Å². The molecule has 1 N–H and O–H groups in total. The Morgan fingerprint density at radius 1 is 1.23 bits per heavy atom. The van der Waals surface area contributed by atoms with Gasteiger partial charge in [0.2, 0.25) is 5.91 Å². The van der Waals surface area contributed by atoms with E-state index in [9.17, 15) is 14.9 Å². The normalized spacial score (nSPS) is 17.0. The minimum Gasteiger partial charge on any atom is -0.315 e. The first-order chi connectivity index (χ1) is 15.1. The number of carbonyl (C=O) groups is 1. The minimum atomic E-state index is -0.0669.